The quantitative estimate of drug-likeness (QED) is 0.541. The van der Waals surface area contributed by atoms with E-state index in [9.17, 15) is 9.59 Å². The Balaban J connectivity index is 1.42. The SMILES string of the molecule is Cc1c(-c2cc3cc(NC(=O)O[C@]4(C)CC(=O)N(C)C4)ncc3c(N)n2)cnc2c1NCCC2. The molecular weight excluding hydrogens is 434 g/mol. The maximum absolute atomic E-state index is 12.5. The number of fused-ring (bicyclic) bond motifs is 2. The first kappa shape index (κ1) is 21.9. The number of likely N-dealkylation sites (tertiary alicyclic amines) is 1. The van der Waals surface area contributed by atoms with Crippen LogP contribution in [0.3, 0.4) is 0 Å². The molecular formula is C24H27N7O3. The van der Waals surface area contributed by atoms with E-state index in [0.29, 0.717) is 29.3 Å². The van der Waals surface area contributed by atoms with Crippen molar-refractivity contribution in [2.45, 2.75) is 38.7 Å². The van der Waals surface area contributed by atoms with Crippen molar-refractivity contribution >= 4 is 40.1 Å². The van der Waals surface area contributed by atoms with Gasteiger partial charge in [-0.15, -0.1) is 0 Å². The van der Waals surface area contributed by atoms with Crippen LogP contribution in [-0.2, 0) is 16.0 Å². The van der Waals surface area contributed by atoms with Crippen molar-refractivity contribution in [2.75, 3.05) is 36.5 Å². The molecule has 5 rings (SSSR count). The minimum Gasteiger partial charge on any atom is -0.441 e. The molecule has 2 aliphatic heterocycles. The topological polar surface area (TPSA) is 135 Å². The van der Waals surface area contributed by atoms with Crippen LogP contribution in [0, 0.1) is 6.92 Å². The first-order valence-corrected chi connectivity index (χ1v) is 11.3. The smallest absolute Gasteiger partial charge is 0.413 e. The number of carbonyl (C=O) groups is 2. The van der Waals surface area contributed by atoms with Crippen molar-refractivity contribution < 1.29 is 14.3 Å². The van der Waals surface area contributed by atoms with Crippen LogP contribution in [0.5, 0.6) is 0 Å². The molecule has 0 aliphatic carbocycles. The Morgan fingerprint density at radius 1 is 1.29 bits per heavy atom. The summed E-state index contributed by atoms with van der Waals surface area (Å²) in [6, 6.07) is 3.64. The number of nitrogens with two attached hydrogens (primary N) is 1. The molecule has 2 amide bonds. The highest BCUT2D eigenvalue weighted by Gasteiger charge is 2.41. The summed E-state index contributed by atoms with van der Waals surface area (Å²) in [6.45, 7) is 5.06. The number of amides is 2. The lowest BCUT2D eigenvalue weighted by atomic mass is 9.99. The van der Waals surface area contributed by atoms with Crippen LogP contribution in [0.25, 0.3) is 22.0 Å². The van der Waals surface area contributed by atoms with Crippen LogP contribution in [0.4, 0.5) is 22.1 Å². The van der Waals surface area contributed by atoms with Crippen LogP contribution in [0.2, 0.25) is 0 Å². The number of anilines is 3. The molecule has 3 aromatic rings. The standard InChI is InChI=1S/C24H27N7O3/c1-13-15(10-27-17-5-4-6-26-21(13)17)18-7-14-8-19(28-11-16(14)22(25)29-18)30-23(33)34-24(2)9-20(32)31(3)12-24/h7-8,10-11,26H,4-6,9,12H2,1-3H3,(H2,25,29)(H,28,30,33)/t24-/m1/s1. The summed E-state index contributed by atoms with van der Waals surface area (Å²) in [5.74, 6) is 0.605. The second-order valence-electron chi connectivity index (χ2n) is 9.22. The zero-order valence-electron chi connectivity index (χ0n) is 19.4. The van der Waals surface area contributed by atoms with Gasteiger partial charge in [0.05, 0.1) is 30.0 Å². The summed E-state index contributed by atoms with van der Waals surface area (Å²) in [4.78, 5) is 39.4. The third kappa shape index (κ3) is 3.95. The van der Waals surface area contributed by atoms with E-state index in [1.54, 1.807) is 31.1 Å². The van der Waals surface area contributed by atoms with Crippen LogP contribution in [-0.4, -0.2) is 57.6 Å². The Kier molecular flexibility index (Phi) is 5.22. The van der Waals surface area contributed by atoms with Gasteiger partial charge in [0.1, 0.15) is 17.2 Å². The summed E-state index contributed by atoms with van der Waals surface area (Å²) >= 11 is 0. The van der Waals surface area contributed by atoms with Crippen LogP contribution >= 0.6 is 0 Å². The lowest BCUT2D eigenvalue weighted by Gasteiger charge is -2.23. The van der Waals surface area contributed by atoms with Crippen molar-refractivity contribution in [3.63, 3.8) is 0 Å². The number of aryl methyl sites for hydroxylation is 1. The molecule has 1 saturated heterocycles. The van der Waals surface area contributed by atoms with E-state index in [0.717, 1.165) is 47.3 Å². The van der Waals surface area contributed by atoms with Gasteiger partial charge in [0, 0.05) is 36.9 Å². The van der Waals surface area contributed by atoms with Gasteiger partial charge in [-0.2, -0.15) is 0 Å². The monoisotopic (exact) mass is 461 g/mol. The third-order valence-electron chi connectivity index (χ3n) is 6.42. The zero-order chi connectivity index (χ0) is 24.0. The molecule has 1 atom stereocenters. The van der Waals surface area contributed by atoms with Crippen molar-refractivity contribution in [1.82, 2.24) is 19.9 Å². The van der Waals surface area contributed by atoms with Gasteiger partial charge in [0.2, 0.25) is 5.91 Å². The maximum atomic E-state index is 12.5. The summed E-state index contributed by atoms with van der Waals surface area (Å²) in [5.41, 5.74) is 10.2. The fourth-order valence-electron chi connectivity index (χ4n) is 4.71. The minimum absolute atomic E-state index is 0.0585. The van der Waals surface area contributed by atoms with Gasteiger partial charge < -0.3 is 20.7 Å². The number of hydrogen-bond donors (Lipinski definition) is 3. The molecule has 176 valence electrons. The van der Waals surface area contributed by atoms with Gasteiger partial charge >= 0.3 is 6.09 Å². The Morgan fingerprint density at radius 3 is 2.88 bits per heavy atom. The number of aromatic nitrogens is 3. The highest BCUT2D eigenvalue weighted by molar-refractivity contribution is 5.96. The average molecular weight is 462 g/mol. The molecule has 5 heterocycles. The molecule has 2 aliphatic rings. The van der Waals surface area contributed by atoms with E-state index in [1.807, 2.05) is 12.3 Å². The second kappa shape index (κ2) is 8.12. The summed E-state index contributed by atoms with van der Waals surface area (Å²) in [5, 5.41) is 7.56. The van der Waals surface area contributed by atoms with Gasteiger partial charge in [-0.3, -0.25) is 15.1 Å². The molecule has 10 heteroatoms. The third-order valence-corrected chi connectivity index (χ3v) is 6.42. The highest BCUT2D eigenvalue weighted by Crippen LogP contribution is 2.34. The molecule has 0 aromatic carbocycles. The molecule has 10 nitrogen and oxygen atoms in total. The normalized spacial score (nSPS) is 19.6. The first-order chi connectivity index (χ1) is 16.2. The van der Waals surface area contributed by atoms with Crippen molar-refractivity contribution in [1.29, 1.82) is 0 Å². The van der Waals surface area contributed by atoms with E-state index in [4.69, 9.17) is 10.5 Å². The lowest BCUT2D eigenvalue weighted by molar-refractivity contribution is -0.126. The second-order valence-corrected chi connectivity index (χ2v) is 9.22. The number of likely N-dealkylation sites (N-methyl/N-ethyl adjacent to an activating group) is 1. The van der Waals surface area contributed by atoms with E-state index in [-0.39, 0.29) is 12.3 Å². The molecule has 1 fully saturated rings. The van der Waals surface area contributed by atoms with Gasteiger partial charge in [0.15, 0.2) is 0 Å². The highest BCUT2D eigenvalue weighted by atomic mass is 16.6. The number of ether oxygens (including phenoxy) is 1. The van der Waals surface area contributed by atoms with Gasteiger partial charge in [-0.05, 0) is 49.8 Å². The Hall–Kier alpha value is -3.95. The fourth-order valence-corrected chi connectivity index (χ4v) is 4.71. The van der Waals surface area contributed by atoms with E-state index >= 15 is 0 Å². The lowest BCUT2D eigenvalue weighted by Crippen LogP contribution is -2.36. The summed E-state index contributed by atoms with van der Waals surface area (Å²) in [6.07, 6.45) is 4.92. The Morgan fingerprint density at radius 2 is 2.12 bits per heavy atom. The number of rotatable bonds is 3. The fraction of sp³-hybridized carbons (Fsp3) is 0.375. The summed E-state index contributed by atoms with van der Waals surface area (Å²) in [7, 11) is 1.69. The number of nitrogen functional groups attached to an aromatic ring is 1. The molecule has 0 unspecified atom stereocenters. The van der Waals surface area contributed by atoms with Crippen molar-refractivity contribution in [3.05, 3.63) is 35.8 Å². The maximum Gasteiger partial charge on any atom is 0.413 e. The Labute approximate surface area is 196 Å². The number of nitrogens with one attached hydrogen (secondary N) is 2. The van der Waals surface area contributed by atoms with Crippen molar-refractivity contribution in [3.8, 4) is 11.3 Å². The molecule has 0 radical (unpaired) electrons. The number of carbonyl (C=O) groups excluding carboxylic acids is 2. The predicted octanol–water partition coefficient (Wildman–Crippen LogP) is 3.11. The van der Waals surface area contributed by atoms with Crippen molar-refractivity contribution in [2.24, 2.45) is 0 Å². The van der Waals surface area contributed by atoms with Gasteiger partial charge in [-0.1, -0.05) is 0 Å². The van der Waals surface area contributed by atoms with Crippen LogP contribution in [0.1, 0.15) is 31.0 Å². The molecule has 4 N–H and O–H groups in total. The van der Waals surface area contributed by atoms with E-state index in [2.05, 4.69) is 32.5 Å². The zero-order valence-corrected chi connectivity index (χ0v) is 19.4. The average Bonchev–Trinajstić information content (AvgIpc) is 3.04. The molecule has 34 heavy (non-hydrogen) atoms. The first-order valence-electron chi connectivity index (χ1n) is 11.3. The number of hydrogen-bond acceptors (Lipinski definition) is 8. The molecule has 0 spiro atoms. The largest absolute Gasteiger partial charge is 0.441 e. The number of nitrogens with zero attached hydrogens (tertiary/aromatic N) is 4. The van der Waals surface area contributed by atoms with Gasteiger partial charge in [-0.25, -0.2) is 14.8 Å². The van der Waals surface area contributed by atoms with E-state index < -0.39 is 11.7 Å². The predicted molar refractivity (Wildman–Crippen MR) is 129 cm³/mol. The van der Waals surface area contributed by atoms with E-state index in [1.165, 1.54) is 0 Å². The number of pyridine rings is 3. The minimum atomic E-state index is -0.876. The summed E-state index contributed by atoms with van der Waals surface area (Å²) < 4.78 is 5.54. The van der Waals surface area contributed by atoms with Gasteiger partial charge in [0.25, 0.3) is 0 Å². The molecule has 0 saturated carbocycles. The Bertz CT molecular complexity index is 1330. The molecule has 0 bridgehead atoms. The van der Waals surface area contributed by atoms with Crippen LogP contribution in [0.15, 0.2) is 24.5 Å². The molecule has 3 aromatic heterocycles. The van der Waals surface area contributed by atoms with Crippen LogP contribution < -0.4 is 16.4 Å².